The second-order valence-electron chi connectivity index (χ2n) is 6.11. The molecule has 1 N–H and O–H groups in total. The summed E-state index contributed by atoms with van der Waals surface area (Å²) in [6.45, 7) is 9.81. The summed E-state index contributed by atoms with van der Waals surface area (Å²) in [5.74, 6) is 1.55. The minimum absolute atomic E-state index is 0.700. The third-order valence-corrected chi connectivity index (χ3v) is 4.55. The van der Waals surface area contributed by atoms with Crippen LogP contribution in [0.25, 0.3) is 17.0 Å². The first kappa shape index (κ1) is 16.6. The lowest BCUT2D eigenvalue weighted by atomic mass is 10.1. The fourth-order valence-corrected chi connectivity index (χ4v) is 3.00. The smallest absolute Gasteiger partial charge is 0.163 e. The minimum atomic E-state index is 0.700. The Morgan fingerprint density at radius 1 is 1.33 bits per heavy atom. The van der Waals surface area contributed by atoms with Gasteiger partial charge in [0.15, 0.2) is 11.5 Å². The second kappa shape index (κ2) is 7.53. The largest absolute Gasteiger partial charge is 0.493 e. The molecule has 5 nitrogen and oxygen atoms in total. The number of nitrogens with one attached hydrogen (secondary N) is 1. The summed E-state index contributed by atoms with van der Waals surface area (Å²) >= 11 is 0. The minimum Gasteiger partial charge on any atom is -0.493 e. The number of benzene rings is 1. The van der Waals surface area contributed by atoms with Crippen molar-refractivity contribution in [2.24, 2.45) is 4.99 Å². The van der Waals surface area contributed by atoms with Crippen LogP contribution < -0.4 is 9.47 Å². The highest BCUT2D eigenvalue weighted by Gasteiger charge is 2.14. The van der Waals surface area contributed by atoms with Gasteiger partial charge in [-0.25, -0.2) is 0 Å². The number of fused-ring (bicyclic) bond motifs is 1. The van der Waals surface area contributed by atoms with Gasteiger partial charge < -0.3 is 19.4 Å². The third-order valence-electron chi connectivity index (χ3n) is 4.55. The molecule has 1 aromatic heterocycles. The predicted molar refractivity (Wildman–Crippen MR) is 99.3 cm³/mol. The van der Waals surface area contributed by atoms with E-state index in [1.54, 1.807) is 13.3 Å². The quantitative estimate of drug-likeness (QED) is 0.595. The first-order chi connectivity index (χ1) is 11.7. The highest BCUT2D eigenvalue weighted by molar-refractivity contribution is 5.89. The van der Waals surface area contributed by atoms with Crippen LogP contribution in [-0.2, 0) is 0 Å². The highest BCUT2D eigenvalue weighted by atomic mass is 16.5. The topological polar surface area (TPSA) is 49.8 Å². The van der Waals surface area contributed by atoms with Gasteiger partial charge in [0.1, 0.15) is 0 Å². The van der Waals surface area contributed by atoms with Crippen molar-refractivity contribution < 1.29 is 9.47 Å². The van der Waals surface area contributed by atoms with E-state index in [-0.39, 0.29) is 0 Å². The molecule has 2 aromatic rings. The van der Waals surface area contributed by atoms with Crippen LogP contribution in [0.15, 0.2) is 23.3 Å². The molecular formula is C19H25N3O2. The van der Waals surface area contributed by atoms with Crippen molar-refractivity contribution in [3.63, 3.8) is 0 Å². The lowest BCUT2D eigenvalue weighted by molar-refractivity contribution is 0.164. The van der Waals surface area contributed by atoms with E-state index in [0.29, 0.717) is 6.61 Å². The number of methoxy groups -OCH3 is 1. The van der Waals surface area contributed by atoms with Gasteiger partial charge in [0.2, 0.25) is 0 Å². The second-order valence-corrected chi connectivity index (χ2v) is 6.11. The average Bonchev–Trinajstić information content (AvgIpc) is 2.85. The van der Waals surface area contributed by atoms with Gasteiger partial charge in [0.25, 0.3) is 0 Å². The fraction of sp³-hybridized carbons (Fsp3) is 0.421. The van der Waals surface area contributed by atoms with Gasteiger partial charge >= 0.3 is 0 Å². The van der Waals surface area contributed by atoms with Crippen LogP contribution in [0.5, 0.6) is 11.5 Å². The van der Waals surface area contributed by atoms with Crippen molar-refractivity contribution in [2.75, 3.05) is 33.4 Å². The lowest BCUT2D eigenvalue weighted by Gasteiger charge is -2.30. The molecule has 0 aliphatic carbocycles. The van der Waals surface area contributed by atoms with Crippen molar-refractivity contribution in [1.29, 1.82) is 0 Å². The molecule has 0 saturated carbocycles. The molecule has 0 radical (unpaired) electrons. The summed E-state index contributed by atoms with van der Waals surface area (Å²) < 4.78 is 11.5. The van der Waals surface area contributed by atoms with E-state index in [2.05, 4.69) is 28.5 Å². The van der Waals surface area contributed by atoms with E-state index in [9.17, 15) is 0 Å². The summed E-state index contributed by atoms with van der Waals surface area (Å²) in [4.78, 5) is 9.61. The van der Waals surface area contributed by atoms with Crippen molar-refractivity contribution >= 4 is 23.7 Å². The van der Waals surface area contributed by atoms with Gasteiger partial charge in [0.05, 0.1) is 19.2 Å². The number of hydrogen-bond donors (Lipinski definition) is 1. The lowest BCUT2D eigenvalue weighted by Crippen LogP contribution is -2.38. The Balaban J connectivity index is 1.76. The SMILES string of the molecule is C=N/C=C\c1[nH]c2cc(OCCCN3CCC3)c(OC)cc2c1C. The number of H-pyrrole nitrogens is 1. The normalized spacial score (nSPS) is 14.9. The molecule has 1 aliphatic rings. The van der Waals surface area contributed by atoms with E-state index in [1.165, 1.54) is 19.5 Å². The molecule has 1 saturated heterocycles. The Labute approximate surface area is 143 Å². The first-order valence-electron chi connectivity index (χ1n) is 8.40. The summed E-state index contributed by atoms with van der Waals surface area (Å²) in [7, 11) is 1.68. The number of hydrogen-bond acceptors (Lipinski definition) is 4. The number of ether oxygens (including phenoxy) is 2. The Hall–Kier alpha value is -2.27. The Morgan fingerprint density at radius 3 is 2.83 bits per heavy atom. The van der Waals surface area contributed by atoms with Gasteiger partial charge in [-0.05, 0) is 57.3 Å². The van der Waals surface area contributed by atoms with Gasteiger partial charge in [-0.15, -0.1) is 0 Å². The molecule has 0 atom stereocenters. The summed E-state index contributed by atoms with van der Waals surface area (Å²) in [6, 6.07) is 4.05. The molecule has 0 spiro atoms. The number of aryl methyl sites for hydroxylation is 1. The van der Waals surface area contributed by atoms with Crippen LogP contribution in [0.3, 0.4) is 0 Å². The van der Waals surface area contributed by atoms with Gasteiger partial charge in [-0.3, -0.25) is 4.99 Å². The molecule has 0 bridgehead atoms. The number of likely N-dealkylation sites (tertiary alicyclic amines) is 1. The molecule has 24 heavy (non-hydrogen) atoms. The standard InChI is InChI=1S/C19H25N3O2/c1-14-15-12-18(23-3)19(24-11-5-10-22-8-4-9-22)13-17(15)21-16(14)6-7-20-2/h6-7,12-13,21H,2,4-5,8-11H2,1,3H3/b7-6-. The number of rotatable bonds is 8. The van der Waals surface area contributed by atoms with Gasteiger partial charge in [-0.2, -0.15) is 0 Å². The average molecular weight is 327 g/mol. The zero-order chi connectivity index (χ0) is 16.9. The number of aliphatic imine (C=N–C) groups is 1. The van der Waals surface area contributed by atoms with Gasteiger partial charge in [0, 0.05) is 29.9 Å². The molecule has 0 unspecified atom stereocenters. The molecule has 128 valence electrons. The van der Waals surface area contributed by atoms with E-state index < -0.39 is 0 Å². The Bertz CT molecular complexity index is 745. The monoisotopic (exact) mass is 327 g/mol. The number of aromatic nitrogens is 1. The van der Waals surface area contributed by atoms with Crippen molar-refractivity contribution in [1.82, 2.24) is 9.88 Å². The molecule has 1 fully saturated rings. The molecule has 1 aliphatic heterocycles. The molecule has 1 aromatic carbocycles. The molecule has 5 heteroatoms. The summed E-state index contributed by atoms with van der Waals surface area (Å²) in [5, 5.41) is 1.13. The zero-order valence-electron chi connectivity index (χ0n) is 14.5. The zero-order valence-corrected chi connectivity index (χ0v) is 14.5. The van der Waals surface area contributed by atoms with Crippen LogP contribution in [0, 0.1) is 6.92 Å². The van der Waals surface area contributed by atoms with Crippen LogP contribution in [0.4, 0.5) is 0 Å². The molecule has 2 heterocycles. The molecule has 3 rings (SSSR count). The van der Waals surface area contributed by atoms with Crippen LogP contribution >= 0.6 is 0 Å². The van der Waals surface area contributed by atoms with E-state index in [0.717, 1.165) is 46.6 Å². The predicted octanol–water partition coefficient (Wildman–Crippen LogP) is 3.63. The highest BCUT2D eigenvalue weighted by Crippen LogP contribution is 2.35. The van der Waals surface area contributed by atoms with Crippen molar-refractivity contribution in [2.45, 2.75) is 19.8 Å². The van der Waals surface area contributed by atoms with E-state index in [4.69, 9.17) is 9.47 Å². The Morgan fingerprint density at radius 2 is 2.17 bits per heavy atom. The number of aromatic amines is 1. The maximum Gasteiger partial charge on any atom is 0.163 e. The third kappa shape index (κ3) is 3.46. The summed E-state index contributed by atoms with van der Waals surface area (Å²) in [5.41, 5.74) is 3.22. The fourth-order valence-electron chi connectivity index (χ4n) is 3.00. The molecule has 0 amide bonds. The van der Waals surface area contributed by atoms with Crippen LogP contribution in [0.2, 0.25) is 0 Å². The van der Waals surface area contributed by atoms with Crippen LogP contribution in [0.1, 0.15) is 24.1 Å². The number of nitrogens with zero attached hydrogens (tertiary/aromatic N) is 2. The summed E-state index contributed by atoms with van der Waals surface area (Å²) in [6.07, 6.45) is 5.96. The van der Waals surface area contributed by atoms with Crippen molar-refractivity contribution in [3.05, 3.63) is 29.6 Å². The Kier molecular flexibility index (Phi) is 5.20. The van der Waals surface area contributed by atoms with E-state index in [1.807, 2.05) is 18.2 Å². The van der Waals surface area contributed by atoms with Crippen molar-refractivity contribution in [3.8, 4) is 11.5 Å². The van der Waals surface area contributed by atoms with Gasteiger partial charge in [-0.1, -0.05) is 0 Å². The molecular weight excluding hydrogens is 302 g/mol. The maximum absolute atomic E-state index is 5.97. The maximum atomic E-state index is 5.97. The first-order valence-corrected chi connectivity index (χ1v) is 8.40. The van der Waals surface area contributed by atoms with Crippen LogP contribution in [-0.4, -0.2) is 50.0 Å². The van der Waals surface area contributed by atoms with E-state index >= 15 is 0 Å².